The van der Waals surface area contributed by atoms with E-state index in [4.69, 9.17) is 19.4 Å². The molecule has 0 saturated carbocycles. The molecule has 0 aliphatic carbocycles. The Morgan fingerprint density at radius 2 is 1.38 bits per heavy atom. The van der Waals surface area contributed by atoms with Crippen LogP contribution in [0.1, 0.15) is 11.1 Å². The maximum atomic E-state index is 12.7. The third-order valence-electron chi connectivity index (χ3n) is 4.46. The lowest BCUT2D eigenvalue weighted by Crippen LogP contribution is -2.11. The van der Waals surface area contributed by atoms with Crippen molar-refractivity contribution in [3.05, 3.63) is 65.7 Å². The summed E-state index contributed by atoms with van der Waals surface area (Å²) in [5.41, 5.74) is 9.61. The van der Waals surface area contributed by atoms with Gasteiger partial charge >= 0.3 is 10.1 Å². The molecule has 0 atom stereocenters. The van der Waals surface area contributed by atoms with Crippen LogP contribution in [0, 0.1) is 13.8 Å². The summed E-state index contributed by atoms with van der Waals surface area (Å²) in [5.74, 6) is 1.26. The minimum atomic E-state index is -4.02. The van der Waals surface area contributed by atoms with Crippen LogP contribution in [0.4, 0.5) is 5.69 Å². The molecule has 3 rings (SSSR count). The SMILES string of the molecule is COc1cc(OC)cc(-c2cc(C)cc(OS(=O)(=O)c3ccc(C)cc3)c2N)c1. The second-order valence-corrected chi connectivity index (χ2v) is 8.22. The van der Waals surface area contributed by atoms with Crippen molar-refractivity contribution >= 4 is 15.8 Å². The fourth-order valence-corrected chi connectivity index (χ4v) is 3.85. The lowest BCUT2D eigenvalue weighted by molar-refractivity contribution is 0.394. The molecule has 0 saturated heterocycles. The third kappa shape index (κ3) is 4.46. The first-order valence-corrected chi connectivity index (χ1v) is 10.3. The van der Waals surface area contributed by atoms with Gasteiger partial charge in [0.05, 0.1) is 19.9 Å². The van der Waals surface area contributed by atoms with E-state index in [1.54, 1.807) is 50.6 Å². The molecule has 29 heavy (non-hydrogen) atoms. The maximum absolute atomic E-state index is 12.7. The van der Waals surface area contributed by atoms with E-state index in [0.717, 1.165) is 16.7 Å². The first kappa shape index (κ1) is 20.5. The molecule has 0 aromatic heterocycles. The van der Waals surface area contributed by atoms with Crippen molar-refractivity contribution in [2.24, 2.45) is 0 Å². The van der Waals surface area contributed by atoms with Crippen LogP contribution in [0.2, 0.25) is 0 Å². The molecule has 7 heteroatoms. The van der Waals surface area contributed by atoms with Crippen LogP contribution in [0.5, 0.6) is 17.2 Å². The summed E-state index contributed by atoms with van der Waals surface area (Å²) in [6.45, 7) is 3.72. The average molecular weight is 413 g/mol. The summed E-state index contributed by atoms with van der Waals surface area (Å²) in [6, 6.07) is 15.2. The Hall–Kier alpha value is -3.19. The molecule has 6 nitrogen and oxygen atoms in total. The van der Waals surface area contributed by atoms with Gasteiger partial charge in [-0.3, -0.25) is 0 Å². The van der Waals surface area contributed by atoms with E-state index < -0.39 is 10.1 Å². The molecule has 3 aromatic carbocycles. The number of hydrogen-bond donors (Lipinski definition) is 1. The summed E-state index contributed by atoms with van der Waals surface area (Å²) in [4.78, 5) is 0.0635. The van der Waals surface area contributed by atoms with Crippen LogP contribution < -0.4 is 19.4 Å². The minimum Gasteiger partial charge on any atom is -0.497 e. The highest BCUT2D eigenvalue weighted by atomic mass is 32.2. The van der Waals surface area contributed by atoms with E-state index in [2.05, 4.69) is 0 Å². The lowest BCUT2D eigenvalue weighted by atomic mass is 10.00. The minimum absolute atomic E-state index is 0.0635. The fourth-order valence-electron chi connectivity index (χ4n) is 2.91. The molecule has 0 radical (unpaired) electrons. The van der Waals surface area contributed by atoms with Gasteiger partial charge in [-0.25, -0.2) is 0 Å². The van der Waals surface area contributed by atoms with Crippen molar-refractivity contribution in [2.45, 2.75) is 18.7 Å². The molecule has 3 aromatic rings. The predicted octanol–water partition coefficient (Wildman–Crippen LogP) is 4.34. The number of benzene rings is 3. The second-order valence-electron chi connectivity index (χ2n) is 6.68. The second kappa shape index (κ2) is 8.05. The molecule has 0 unspecified atom stereocenters. The number of rotatable bonds is 6. The van der Waals surface area contributed by atoms with Crippen LogP contribution in [-0.2, 0) is 10.1 Å². The van der Waals surface area contributed by atoms with Gasteiger partial charge in [0, 0.05) is 11.6 Å². The number of nitrogen functional groups attached to an aromatic ring is 1. The van der Waals surface area contributed by atoms with Crippen LogP contribution in [0.15, 0.2) is 59.5 Å². The quantitative estimate of drug-likeness (QED) is 0.478. The Labute approximate surface area is 171 Å². The lowest BCUT2D eigenvalue weighted by Gasteiger charge is -2.15. The summed E-state index contributed by atoms with van der Waals surface area (Å²) in [7, 11) is -0.911. The Morgan fingerprint density at radius 1 is 0.793 bits per heavy atom. The van der Waals surface area contributed by atoms with Crippen LogP contribution in [0.3, 0.4) is 0 Å². The van der Waals surface area contributed by atoms with Gasteiger partial charge in [0.2, 0.25) is 0 Å². The molecule has 2 N–H and O–H groups in total. The third-order valence-corrected chi connectivity index (χ3v) is 5.71. The van der Waals surface area contributed by atoms with Gasteiger partial charge in [-0.05, 0) is 61.4 Å². The molecule has 0 spiro atoms. The molecule has 0 aliphatic rings. The van der Waals surface area contributed by atoms with Gasteiger partial charge in [0.25, 0.3) is 0 Å². The first-order valence-electron chi connectivity index (χ1n) is 8.88. The molecule has 0 bridgehead atoms. The molecule has 0 fully saturated rings. The van der Waals surface area contributed by atoms with E-state index in [-0.39, 0.29) is 16.3 Å². The van der Waals surface area contributed by atoms with Crippen LogP contribution >= 0.6 is 0 Å². The van der Waals surface area contributed by atoms with E-state index in [1.807, 2.05) is 19.9 Å². The van der Waals surface area contributed by atoms with Crippen molar-refractivity contribution in [2.75, 3.05) is 20.0 Å². The van der Waals surface area contributed by atoms with Gasteiger partial charge in [-0.2, -0.15) is 8.42 Å². The topological polar surface area (TPSA) is 87.9 Å². The van der Waals surface area contributed by atoms with Crippen molar-refractivity contribution in [1.29, 1.82) is 0 Å². The van der Waals surface area contributed by atoms with Crippen molar-refractivity contribution in [3.63, 3.8) is 0 Å². The van der Waals surface area contributed by atoms with E-state index >= 15 is 0 Å². The largest absolute Gasteiger partial charge is 0.497 e. The Morgan fingerprint density at radius 3 is 1.93 bits per heavy atom. The molecule has 0 aliphatic heterocycles. The number of nitrogens with two attached hydrogens (primary N) is 1. The number of hydrogen-bond acceptors (Lipinski definition) is 6. The van der Waals surface area contributed by atoms with Crippen molar-refractivity contribution < 1.29 is 22.1 Å². The van der Waals surface area contributed by atoms with Crippen LogP contribution in [0.25, 0.3) is 11.1 Å². The number of anilines is 1. The molecule has 152 valence electrons. The van der Waals surface area contributed by atoms with Gasteiger partial charge in [0.15, 0.2) is 5.75 Å². The summed E-state index contributed by atoms with van der Waals surface area (Å²) in [5, 5.41) is 0. The zero-order valence-corrected chi connectivity index (χ0v) is 17.5. The number of aryl methyl sites for hydroxylation is 2. The Bertz CT molecular complexity index is 1120. The standard InChI is InChI=1S/C22H23NO5S/c1-14-5-7-19(8-6-14)29(24,25)28-21-10-15(2)9-20(22(21)23)16-11-17(26-3)13-18(12-16)27-4/h5-13H,23H2,1-4H3. The van der Waals surface area contributed by atoms with E-state index in [9.17, 15) is 8.42 Å². The zero-order chi connectivity index (χ0) is 21.2. The normalized spacial score (nSPS) is 11.2. The number of ether oxygens (including phenoxy) is 2. The van der Waals surface area contributed by atoms with Gasteiger partial charge in [-0.15, -0.1) is 0 Å². The van der Waals surface area contributed by atoms with E-state index in [1.165, 1.54) is 12.1 Å². The van der Waals surface area contributed by atoms with Crippen molar-refractivity contribution in [3.8, 4) is 28.4 Å². The van der Waals surface area contributed by atoms with Gasteiger partial charge < -0.3 is 19.4 Å². The molecular formula is C22H23NO5S. The monoisotopic (exact) mass is 413 g/mol. The first-order chi connectivity index (χ1) is 13.7. The maximum Gasteiger partial charge on any atom is 0.339 e. The van der Waals surface area contributed by atoms with Crippen LogP contribution in [-0.4, -0.2) is 22.6 Å². The highest BCUT2D eigenvalue weighted by Gasteiger charge is 2.20. The fraction of sp³-hybridized carbons (Fsp3) is 0.182. The molecule has 0 heterocycles. The zero-order valence-electron chi connectivity index (χ0n) is 16.7. The number of methoxy groups -OCH3 is 2. The Kier molecular flexibility index (Phi) is 5.70. The highest BCUT2D eigenvalue weighted by Crippen LogP contribution is 2.39. The molecule has 0 amide bonds. The summed E-state index contributed by atoms with van der Waals surface area (Å²) >= 11 is 0. The molecular weight excluding hydrogens is 390 g/mol. The highest BCUT2D eigenvalue weighted by molar-refractivity contribution is 7.87. The van der Waals surface area contributed by atoms with Crippen molar-refractivity contribution in [1.82, 2.24) is 0 Å². The van der Waals surface area contributed by atoms with Gasteiger partial charge in [-0.1, -0.05) is 17.7 Å². The Balaban J connectivity index is 2.07. The predicted molar refractivity (Wildman–Crippen MR) is 113 cm³/mol. The average Bonchev–Trinajstić information content (AvgIpc) is 2.70. The van der Waals surface area contributed by atoms with Gasteiger partial charge in [0.1, 0.15) is 16.4 Å². The summed E-state index contributed by atoms with van der Waals surface area (Å²) < 4.78 is 41.5. The smallest absolute Gasteiger partial charge is 0.339 e. The summed E-state index contributed by atoms with van der Waals surface area (Å²) in [6.07, 6.45) is 0. The van der Waals surface area contributed by atoms with E-state index in [0.29, 0.717) is 17.1 Å².